The van der Waals surface area contributed by atoms with Crippen molar-refractivity contribution in [2.24, 2.45) is 0 Å². The van der Waals surface area contributed by atoms with Gasteiger partial charge in [0.15, 0.2) is 6.61 Å². The van der Waals surface area contributed by atoms with Crippen LogP contribution in [0.25, 0.3) is 0 Å². The summed E-state index contributed by atoms with van der Waals surface area (Å²) in [6, 6.07) is 18.9. The van der Waals surface area contributed by atoms with Gasteiger partial charge < -0.3 is 10.1 Å². The van der Waals surface area contributed by atoms with Crippen molar-refractivity contribution >= 4 is 49.9 Å². The average Bonchev–Trinajstić information content (AvgIpc) is 2.71. The minimum atomic E-state index is -3.73. The number of carbonyl (C=O) groups is 1. The van der Waals surface area contributed by atoms with Gasteiger partial charge >= 0.3 is 0 Å². The molecule has 0 aliphatic rings. The first-order chi connectivity index (χ1) is 14.2. The highest BCUT2D eigenvalue weighted by atomic mass is 127. The van der Waals surface area contributed by atoms with Crippen molar-refractivity contribution < 1.29 is 17.9 Å². The Bertz CT molecular complexity index is 1140. The summed E-state index contributed by atoms with van der Waals surface area (Å²) in [6.07, 6.45) is 0. The summed E-state index contributed by atoms with van der Waals surface area (Å²) in [7, 11) is -3.73. The minimum Gasteiger partial charge on any atom is -0.484 e. The average molecular weight is 536 g/mol. The minimum absolute atomic E-state index is 0.110. The van der Waals surface area contributed by atoms with Gasteiger partial charge in [-0.15, -0.1) is 0 Å². The second-order valence-electron chi connectivity index (χ2n) is 6.74. The van der Waals surface area contributed by atoms with Crippen molar-refractivity contribution in [2.45, 2.75) is 18.7 Å². The van der Waals surface area contributed by atoms with Gasteiger partial charge in [-0.3, -0.25) is 9.52 Å². The first-order valence-corrected chi connectivity index (χ1v) is 11.7. The first-order valence-electron chi connectivity index (χ1n) is 9.11. The third-order valence-corrected chi connectivity index (χ3v) is 6.37. The van der Waals surface area contributed by atoms with Crippen molar-refractivity contribution in [3.05, 3.63) is 81.4 Å². The van der Waals surface area contributed by atoms with Gasteiger partial charge in [0.05, 0.1) is 10.6 Å². The molecule has 1 amide bonds. The predicted octanol–water partition coefficient (Wildman–Crippen LogP) is 4.73. The first kappa shape index (κ1) is 22.1. The molecule has 6 nitrogen and oxygen atoms in total. The topological polar surface area (TPSA) is 84.5 Å². The van der Waals surface area contributed by atoms with E-state index in [1.165, 1.54) is 24.3 Å². The van der Waals surface area contributed by atoms with E-state index in [4.69, 9.17) is 4.74 Å². The second kappa shape index (κ2) is 9.48. The standard InChI is InChI=1S/C22H21IN2O4S/c1-15-3-4-16(2)21(13-15)25-30(27,28)20-11-9-19(10-12-20)29-14-22(26)24-18-7-5-17(23)6-8-18/h3-13,25H,14H2,1-2H3,(H,24,26). The number of hydrogen-bond donors (Lipinski definition) is 2. The molecule has 0 saturated carbocycles. The molecule has 3 rings (SSSR count). The van der Waals surface area contributed by atoms with E-state index in [1.54, 1.807) is 6.07 Å². The number of carbonyl (C=O) groups excluding carboxylic acids is 1. The second-order valence-corrected chi connectivity index (χ2v) is 9.67. The summed E-state index contributed by atoms with van der Waals surface area (Å²) >= 11 is 2.19. The molecule has 0 unspecified atom stereocenters. The normalized spacial score (nSPS) is 11.0. The fraction of sp³-hybridized carbons (Fsp3) is 0.136. The zero-order valence-electron chi connectivity index (χ0n) is 16.5. The number of nitrogens with one attached hydrogen (secondary N) is 2. The van der Waals surface area contributed by atoms with Crippen molar-refractivity contribution in [3.8, 4) is 5.75 Å². The lowest BCUT2D eigenvalue weighted by atomic mass is 10.1. The molecule has 0 aliphatic heterocycles. The molecule has 3 aromatic carbocycles. The van der Waals surface area contributed by atoms with Gasteiger partial charge in [0.25, 0.3) is 15.9 Å². The number of halogens is 1. The molecule has 8 heteroatoms. The van der Waals surface area contributed by atoms with Crippen molar-refractivity contribution in [2.75, 3.05) is 16.6 Å². The van der Waals surface area contributed by atoms with Crippen LogP contribution in [0, 0.1) is 17.4 Å². The molecule has 0 radical (unpaired) electrons. The molecule has 0 aromatic heterocycles. The maximum Gasteiger partial charge on any atom is 0.262 e. The number of rotatable bonds is 7. The quantitative estimate of drug-likeness (QED) is 0.428. The van der Waals surface area contributed by atoms with Crippen molar-refractivity contribution in [1.29, 1.82) is 0 Å². The van der Waals surface area contributed by atoms with Gasteiger partial charge in [0, 0.05) is 9.26 Å². The van der Waals surface area contributed by atoms with Crippen LogP contribution in [0.5, 0.6) is 5.75 Å². The SMILES string of the molecule is Cc1ccc(C)c(NS(=O)(=O)c2ccc(OCC(=O)Nc3ccc(I)cc3)cc2)c1. The molecule has 30 heavy (non-hydrogen) atoms. The monoisotopic (exact) mass is 536 g/mol. The summed E-state index contributed by atoms with van der Waals surface area (Å²) in [4.78, 5) is 12.1. The lowest BCUT2D eigenvalue weighted by Gasteiger charge is -2.12. The fourth-order valence-corrected chi connectivity index (χ4v) is 4.12. The molecular weight excluding hydrogens is 515 g/mol. The Kier molecular flexibility index (Phi) is 6.99. The smallest absolute Gasteiger partial charge is 0.262 e. The van der Waals surface area contributed by atoms with Crippen molar-refractivity contribution in [1.82, 2.24) is 0 Å². The van der Waals surface area contributed by atoms with Gasteiger partial charge in [0.2, 0.25) is 0 Å². The maximum absolute atomic E-state index is 12.7. The van der Waals surface area contributed by atoms with E-state index in [9.17, 15) is 13.2 Å². The third kappa shape index (κ3) is 5.96. The molecule has 0 bridgehead atoms. The van der Waals surface area contributed by atoms with E-state index in [1.807, 2.05) is 50.2 Å². The van der Waals surface area contributed by atoms with Crippen LogP contribution in [-0.2, 0) is 14.8 Å². The van der Waals surface area contributed by atoms with Crippen LogP contribution in [0.3, 0.4) is 0 Å². The predicted molar refractivity (Wildman–Crippen MR) is 126 cm³/mol. The molecule has 3 aromatic rings. The lowest BCUT2D eigenvalue weighted by molar-refractivity contribution is -0.118. The lowest BCUT2D eigenvalue weighted by Crippen LogP contribution is -2.20. The number of hydrogen-bond acceptors (Lipinski definition) is 4. The highest BCUT2D eigenvalue weighted by Crippen LogP contribution is 2.22. The number of sulfonamides is 1. The van der Waals surface area contributed by atoms with Crippen LogP contribution in [0.15, 0.2) is 71.6 Å². The van der Waals surface area contributed by atoms with Crippen LogP contribution in [0.1, 0.15) is 11.1 Å². The highest BCUT2D eigenvalue weighted by Gasteiger charge is 2.15. The molecule has 0 heterocycles. The van der Waals surface area contributed by atoms with Crippen LogP contribution in [0.4, 0.5) is 11.4 Å². The Balaban J connectivity index is 1.60. The summed E-state index contributed by atoms with van der Waals surface area (Å²) in [6.45, 7) is 3.56. The largest absolute Gasteiger partial charge is 0.484 e. The molecule has 0 fully saturated rings. The van der Waals surface area contributed by atoms with Crippen molar-refractivity contribution in [3.63, 3.8) is 0 Å². The van der Waals surface area contributed by atoms with Crippen LogP contribution >= 0.6 is 22.6 Å². The van der Waals surface area contributed by atoms with E-state index in [2.05, 4.69) is 32.6 Å². The fourth-order valence-electron chi connectivity index (χ4n) is 2.64. The summed E-state index contributed by atoms with van der Waals surface area (Å²) in [5.41, 5.74) is 3.03. The van der Waals surface area contributed by atoms with Gasteiger partial charge in [0.1, 0.15) is 5.75 Å². The van der Waals surface area contributed by atoms with E-state index < -0.39 is 10.0 Å². The number of benzene rings is 3. The van der Waals surface area contributed by atoms with E-state index in [0.717, 1.165) is 14.7 Å². The molecular formula is C22H21IN2O4S. The van der Waals surface area contributed by atoms with Crippen LogP contribution in [0.2, 0.25) is 0 Å². The highest BCUT2D eigenvalue weighted by molar-refractivity contribution is 14.1. The number of aryl methyl sites for hydroxylation is 2. The summed E-state index contributed by atoms with van der Waals surface area (Å²) in [5, 5.41) is 2.74. The Morgan fingerprint density at radius 2 is 1.63 bits per heavy atom. The summed E-state index contributed by atoms with van der Waals surface area (Å²) in [5.74, 6) is 0.0999. The Hall–Kier alpha value is -2.59. The van der Waals surface area contributed by atoms with E-state index in [-0.39, 0.29) is 17.4 Å². The Morgan fingerprint density at radius 3 is 2.30 bits per heavy atom. The van der Waals surface area contributed by atoms with Gasteiger partial charge in [-0.25, -0.2) is 8.42 Å². The zero-order valence-corrected chi connectivity index (χ0v) is 19.5. The molecule has 0 atom stereocenters. The van der Waals surface area contributed by atoms with E-state index in [0.29, 0.717) is 17.1 Å². The molecule has 0 saturated heterocycles. The maximum atomic E-state index is 12.7. The number of anilines is 2. The van der Waals surface area contributed by atoms with Gasteiger partial charge in [-0.05, 0) is 102 Å². The van der Waals surface area contributed by atoms with Gasteiger partial charge in [-0.1, -0.05) is 12.1 Å². The molecule has 0 aliphatic carbocycles. The Labute approximate surface area is 189 Å². The number of amides is 1. The molecule has 156 valence electrons. The Morgan fingerprint density at radius 1 is 0.967 bits per heavy atom. The molecule has 0 spiro atoms. The van der Waals surface area contributed by atoms with E-state index >= 15 is 0 Å². The molecule has 2 N–H and O–H groups in total. The zero-order chi connectivity index (χ0) is 21.7. The number of ether oxygens (including phenoxy) is 1. The summed E-state index contributed by atoms with van der Waals surface area (Å²) < 4.78 is 34.4. The van der Waals surface area contributed by atoms with Gasteiger partial charge in [-0.2, -0.15) is 0 Å². The third-order valence-electron chi connectivity index (χ3n) is 4.27. The van der Waals surface area contributed by atoms with Crippen LogP contribution in [-0.4, -0.2) is 20.9 Å². The van der Waals surface area contributed by atoms with Crippen LogP contribution < -0.4 is 14.8 Å².